The van der Waals surface area contributed by atoms with Gasteiger partial charge in [-0.15, -0.1) is 0 Å². The van der Waals surface area contributed by atoms with Gasteiger partial charge in [0.05, 0.1) is 11.5 Å². The molecule has 126 valence electrons. The van der Waals surface area contributed by atoms with Gasteiger partial charge in [0, 0.05) is 44.0 Å². The molecule has 0 saturated carbocycles. The number of carbonyl (C=O) groups excluding carboxylic acids is 1. The summed E-state index contributed by atoms with van der Waals surface area (Å²) in [5.41, 5.74) is 0.830. The number of nitrogens with zero attached hydrogens (tertiary/aromatic N) is 4. The molecule has 2 aliphatic heterocycles. The van der Waals surface area contributed by atoms with E-state index in [1.807, 2.05) is 13.0 Å². The Hall–Kier alpha value is -1.90. The summed E-state index contributed by atoms with van der Waals surface area (Å²) < 4.78 is 23.1. The number of nitrogens with one attached hydrogen (secondary N) is 1. The van der Waals surface area contributed by atoms with Gasteiger partial charge in [-0.2, -0.15) is 4.98 Å². The van der Waals surface area contributed by atoms with E-state index >= 15 is 0 Å². The van der Waals surface area contributed by atoms with Crippen LogP contribution in [0.3, 0.4) is 0 Å². The molecule has 1 aromatic heterocycles. The highest BCUT2D eigenvalue weighted by Gasteiger charge is 2.28. The van der Waals surface area contributed by atoms with Crippen molar-refractivity contribution in [2.45, 2.75) is 19.4 Å². The number of carbonyl (C=O) groups is 1. The number of anilines is 2. The smallest absolute Gasteiger partial charge is 0.225 e. The molecule has 0 aromatic carbocycles. The summed E-state index contributed by atoms with van der Waals surface area (Å²) in [7, 11) is -2.93. The third-order valence-corrected chi connectivity index (χ3v) is 5.96. The minimum atomic E-state index is -2.93. The van der Waals surface area contributed by atoms with Crippen LogP contribution in [0.4, 0.5) is 11.8 Å². The summed E-state index contributed by atoms with van der Waals surface area (Å²) in [6.07, 6.45) is 1.46. The Morgan fingerprint density at radius 3 is 2.61 bits per heavy atom. The lowest BCUT2D eigenvalue weighted by atomic mass is 10.3. The minimum Gasteiger partial charge on any atom is -0.353 e. The highest BCUT2D eigenvalue weighted by molar-refractivity contribution is 7.91. The van der Waals surface area contributed by atoms with Crippen LogP contribution in [0.25, 0.3) is 0 Å². The number of piperazine rings is 1. The van der Waals surface area contributed by atoms with Crippen molar-refractivity contribution >= 4 is 28.0 Å². The highest BCUT2D eigenvalue weighted by Crippen LogP contribution is 2.19. The first-order valence-electron chi connectivity index (χ1n) is 7.72. The van der Waals surface area contributed by atoms with Gasteiger partial charge in [0.15, 0.2) is 9.84 Å². The van der Waals surface area contributed by atoms with Crippen molar-refractivity contribution in [2.75, 3.05) is 47.9 Å². The number of hydrogen-bond donors (Lipinski definition) is 1. The summed E-state index contributed by atoms with van der Waals surface area (Å²) in [4.78, 5) is 23.5. The van der Waals surface area contributed by atoms with Gasteiger partial charge in [-0.25, -0.2) is 13.4 Å². The summed E-state index contributed by atoms with van der Waals surface area (Å²) in [5, 5.41) is 3.14. The highest BCUT2D eigenvalue weighted by atomic mass is 32.2. The molecule has 2 fully saturated rings. The maximum Gasteiger partial charge on any atom is 0.225 e. The molecule has 8 nitrogen and oxygen atoms in total. The molecular weight excluding hydrogens is 318 g/mol. The van der Waals surface area contributed by atoms with Crippen molar-refractivity contribution in [1.29, 1.82) is 0 Å². The second-order valence-electron chi connectivity index (χ2n) is 6.06. The second-order valence-corrected chi connectivity index (χ2v) is 8.29. The topological polar surface area (TPSA) is 95.5 Å². The van der Waals surface area contributed by atoms with Crippen LogP contribution in [0.5, 0.6) is 0 Å². The van der Waals surface area contributed by atoms with Crippen LogP contribution in [0, 0.1) is 6.92 Å². The van der Waals surface area contributed by atoms with Crippen molar-refractivity contribution in [1.82, 2.24) is 14.9 Å². The van der Waals surface area contributed by atoms with Crippen molar-refractivity contribution in [3.05, 3.63) is 11.8 Å². The lowest BCUT2D eigenvalue weighted by molar-refractivity contribution is -0.118. The standard InChI is InChI=1S/C14H21N5O3S/c1-11-8-13(19-5-3-18(10-20)4-6-19)17-14(15-11)16-12-2-7-23(21,22)9-12/h8,10,12H,2-7,9H2,1H3,(H,15,16,17). The summed E-state index contributed by atoms with van der Waals surface area (Å²) in [6, 6.07) is 1.79. The molecule has 9 heteroatoms. The third kappa shape index (κ3) is 3.90. The molecule has 1 N–H and O–H groups in total. The monoisotopic (exact) mass is 339 g/mol. The predicted octanol–water partition coefficient (Wildman–Crippen LogP) is -0.338. The van der Waals surface area contributed by atoms with Crippen molar-refractivity contribution in [3.8, 4) is 0 Å². The Kier molecular flexibility index (Phi) is 4.38. The molecule has 1 atom stereocenters. The van der Waals surface area contributed by atoms with Gasteiger partial charge in [-0.3, -0.25) is 4.79 Å². The van der Waals surface area contributed by atoms with Crippen LogP contribution in [-0.2, 0) is 14.6 Å². The van der Waals surface area contributed by atoms with E-state index in [0.717, 1.165) is 31.0 Å². The van der Waals surface area contributed by atoms with E-state index in [1.165, 1.54) is 0 Å². The van der Waals surface area contributed by atoms with Gasteiger partial charge >= 0.3 is 0 Å². The van der Waals surface area contributed by atoms with E-state index in [1.54, 1.807) is 4.90 Å². The quantitative estimate of drug-likeness (QED) is 0.750. The van der Waals surface area contributed by atoms with Gasteiger partial charge in [-0.05, 0) is 13.3 Å². The zero-order valence-corrected chi connectivity index (χ0v) is 13.9. The van der Waals surface area contributed by atoms with Crippen molar-refractivity contribution < 1.29 is 13.2 Å². The SMILES string of the molecule is Cc1cc(N2CCN(C=O)CC2)nc(NC2CCS(=O)(=O)C2)n1. The molecule has 0 radical (unpaired) electrons. The third-order valence-electron chi connectivity index (χ3n) is 4.19. The van der Waals surface area contributed by atoms with E-state index in [4.69, 9.17) is 0 Å². The molecule has 3 heterocycles. The lowest BCUT2D eigenvalue weighted by Gasteiger charge is -2.33. The van der Waals surface area contributed by atoms with Gasteiger partial charge in [0.25, 0.3) is 0 Å². The number of aromatic nitrogens is 2. The fourth-order valence-electron chi connectivity index (χ4n) is 2.93. The van der Waals surface area contributed by atoms with Crippen LogP contribution in [-0.4, -0.2) is 73.4 Å². The second kappa shape index (κ2) is 6.31. The lowest BCUT2D eigenvalue weighted by Crippen LogP contribution is -2.46. The van der Waals surface area contributed by atoms with Gasteiger partial charge < -0.3 is 15.1 Å². The largest absolute Gasteiger partial charge is 0.353 e. The van der Waals surface area contributed by atoms with E-state index in [9.17, 15) is 13.2 Å². The molecular formula is C14H21N5O3S. The minimum absolute atomic E-state index is 0.124. The number of sulfone groups is 1. The van der Waals surface area contributed by atoms with E-state index in [-0.39, 0.29) is 17.5 Å². The van der Waals surface area contributed by atoms with Crippen molar-refractivity contribution in [3.63, 3.8) is 0 Å². The maximum absolute atomic E-state index is 11.5. The summed E-state index contributed by atoms with van der Waals surface area (Å²) in [5.74, 6) is 1.64. The molecule has 2 saturated heterocycles. The van der Waals surface area contributed by atoms with E-state index < -0.39 is 9.84 Å². The Balaban J connectivity index is 1.71. The Morgan fingerprint density at radius 2 is 2.00 bits per heavy atom. The Morgan fingerprint density at radius 1 is 1.26 bits per heavy atom. The average molecular weight is 339 g/mol. The first-order valence-corrected chi connectivity index (χ1v) is 9.54. The van der Waals surface area contributed by atoms with Crippen LogP contribution < -0.4 is 10.2 Å². The van der Waals surface area contributed by atoms with Crippen LogP contribution in [0.15, 0.2) is 6.07 Å². The van der Waals surface area contributed by atoms with Gasteiger partial charge in [0.2, 0.25) is 12.4 Å². The predicted molar refractivity (Wildman–Crippen MR) is 87.3 cm³/mol. The molecule has 2 aliphatic rings. The number of aryl methyl sites for hydroxylation is 1. The van der Waals surface area contributed by atoms with Gasteiger partial charge in [0.1, 0.15) is 5.82 Å². The molecule has 0 bridgehead atoms. The molecule has 0 spiro atoms. The summed E-state index contributed by atoms with van der Waals surface area (Å²) in [6.45, 7) is 4.70. The number of rotatable bonds is 4. The van der Waals surface area contributed by atoms with Crippen molar-refractivity contribution in [2.24, 2.45) is 0 Å². The molecule has 3 rings (SSSR count). The molecule has 0 aliphatic carbocycles. The molecule has 1 amide bonds. The Labute approximate surface area is 135 Å². The van der Waals surface area contributed by atoms with Crippen LogP contribution in [0.1, 0.15) is 12.1 Å². The Bertz CT molecular complexity index is 686. The fraction of sp³-hybridized carbons (Fsp3) is 0.643. The molecule has 1 unspecified atom stereocenters. The zero-order chi connectivity index (χ0) is 16.4. The summed E-state index contributed by atoms with van der Waals surface area (Å²) >= 11 is 0. The number of amides is 1. The zero-order valence-electron chi connectivity index (χ0n) is 13.1. The normalized spacial score (nSPS) is 23.8. The van der Waals surface area contributed by atoms with E-state index in [0.29, 0.717) is 25.5 Å². The van der Waals surface area contributed by atoms with E-state index in [2.05, 4.69) is 20.2 Å². The first-order chi connectivity index (χ1) is 10.9. The first kappa shape index (κ1) is 16.0. The molecule has 23 heavy (non-hydrogen) atoms. The number of hydrogen-bond acceptors (Lipinski definition) is 7. The fourth-order valence-corrected chi connectivity index (χ4v) is 4.60. The van der Waals surface area contributed by atoms with Crippen LogP contribution >= 0.6 is 0 Å². The average Bonchev–Trinajstić information content (AvgIpc) is 2.85. The van der Waals surface area contributed by atoms with Gasteiger partial charge in [-0.1, -0.05) is 0 Å². The maximum atomic E-state index is 11.5. The van der Waals surface area contributed by atoms with Crippen LogP contribution in [0.2, 0.25) is 0 Å². The molecule has 1 aromatic rings.